The molecule has 0 saturated heterocycles. The second kappa shape index (κ2) is 10.2. The van der Waals surface area contributed by atoms with Crippen LogP contribution in [-0.2, 0) is 24.2 Å². The van der Waals surface area contributed by atoms with Crippen molar-refractivity contribution in [1.82, 2.24) is 15.2 Å². The van der Waals surface area contributed by atoms with Gasteiger partial charge in [0.25, 0.3) is 5.91 Å². The summed E-state index contributed by atoms with van der Waals surface area (Å²) < 4.78 is 0. The first-order valence-electron chi connectivity index (χ1n) is 10.0. The summed E-state index contributed by atoms with van der Waals surface area (Å²) >= 11 is 1.58. The highest BCUT2D eigenvalue weighted by Gasteiger charge is 2.14. The van der Waals surface area contributed by atoms with Gasteiger partial charge in [0.05, 0.1) is 17.1 Å². The molecule has 5 nitrogen and oxygen atoms in total. The highest BCUT2D eigenvalue weighted by Crippen LogP contribution is 2.15. The Kier molecular flexibility index (Phi) is 7.36. The Morgan fingerprint density at radius 1 is 1.03 bits per heavy atom. The van der Waals surface area contributed by atoms with Gasteiger partial charge in [-0.2, -0.15) is 0 Å². The minimum Gasteiger partial charge on any atom is -0.352 e. The van der Waals surface area contributed by atoms with Gasteiger partial charge in [-0.05, 0) is 37.1 Å². The number of hydrogen-bond acceptors (Lipinski definition) is 4. The Hall–Kier alpha value is -2.99. The maximum atomic E-state index is 12.3. The van der Waals surface area contributed by atoms with Gasteiger partial charge in [0.15, 0.2) is 0 Å². The second-order valence-electron chi connectivity index (χ2n) is 7.56. The van der Waals surface area contributed by atoms with Crippen molar-refractivity contribution >= 4 is 23.2 Å². The first-order chi connectivity index (χ1) is 14.4. The normalized spacial score (nSPS) is 10.8. The average molecular weight is 422 g/mol. The molecule has 2 amide bonds. The summed E-state index contributed by atoms with van der Waals surface area (Å²) in [5.74, 6) is -0.0679. The van der Waals surface area contributed by atoms with Gasteiger partial charge in [-0.3, -0.25) is 9.59 Å². The van der Waals surface area contributed by atoms with Crippen molar-refractivity contribution in [3.63, 3.8) is 0 Å². The first-order valence-corrected chi connectivity index (χ1v) is 10.9. The lowest BCUT2D eigenvalue weighted by Crippen LogP contribution is -2.32. The smallest absolute Gasteiger partial charge is 0.253 e. The number of thiazole rings is 1. The molecule has 0 fully saturated rings. The zero-order valence-electron chi connectivity index (χ0n) is 17.6. The number of nitrogens with zero attached hydrogens (tertiary/aromatic N) is 2. The topological polar surface area (TPSA) is 62.3 Å². The molecule has 6 heteroatoms. The van der Waals surface area contributed by atoms with Gasteiger partial charge in [-0.1, -0.05) is 42.5 Å². The van der Waals surface area contributed by atoms with Gasteiger partial charge in [-0.25, -0.2) is 4.98 Å². The molecule has 0 radical (unpaired) electrons. The third-order valence-corrected chi connectivity index (χ3v) is 5.82. The Bertz CT molecular complexity index is 981. The molecular weight excluding hydrogens is 394 g/mol. The highest BCUT2D eigenvalue weighted by molar-refractivity contribution is 7.09. The molecule has 2 aromatic carbocycles. The van der Waals surface area contributed by atoms with Crippen molar-refractivity contribution in [2.75, 3.05) is 7.05 Å². The fraction of sp³-hybridized carbons (Fsp3) is 0.292. The van der Waals surface area contributed by atoms with Crippen LogP contribution in [0.3, 0.4) is 0 Å². The molecule has 0 unspecified atom stereocenters. The molecule has 0 saturated carbocycles. The van der Waals surface area contributed by atoms with Crippen LogP contribution in [-0.4, -0.2) is 34.8 Å². The Balaban J connectivity index is 1.48. The number of carbonyl (C=O) groups is 2. The molecule has 1 N–H and O–H groups in total. The lowest BCUT2D eigenvalue weighted by Gasteiger charge is -2.21. The van der Waals surface area contributed by atoms with Crippen molar-refractivity contribution in [3.8, 4) is 0 Å². The third kappa shape index (κ3) is 6.00. The molecule has 3 aromatic rings. The summed E-state index contributed by atoms with van der Waals surface area (Å²) in [6.07, 6.45) is 1.05. The number of hydrogen-bond donors (Lipinski definition) is 1. The lowest BCUT2D eigenvalue weighted by molar-refractivity contribution is -0.120. The second-order valence-corrected chi connectivity index (χ2v) is 8.50. The number of aromatic nitrogens is 1. The summed E-state index contributed by atoms with van der Waals surface area (Å²) in [5, 5.41) is 5.88. The van der Waals surface area contributed by atoms with Gasteiger partial charge >= 0.3 is 0 Å². The van der Waals surface area contributed by atoms with E-state index in [1.54, 1.807) is 35.4 Å². The van der Waals surface area contributed by atoms with Crippen LogP contribution in [0.5, 0.6) is 0 Å². The number of amides is 2. The minimum absolute atomic E-state index is 0.00424. The molecule has 0 spiro atoms. The largest absolute Gasteiger partial charge is 0.352 e. The zero-order valence-corrected chi connectivity index (χ0v) is 18.4. The lowest BCUT2D eigenvalue weighted by atomic mass is 10.1. The Morgan fingerprint density at radius 3 is 2.40 bits per heavy atom. The average Bonchev–Trinajstić information content (AvgIpc) is 3.18. The van der Waals surface area contributed by atoms with Gasteiger partial charge in [0.2, 0.25) is 5.91 Å². The van der Waals surface area contributed by atoms with Crippen LogP contribution in [0.4, 0.5) is 0 Å². The first kappa shape index (κ1) is 21.7. The van der Waals surface area contributed by atoms with E-state index in [-0.39, 0.29) is 24.3 Å². The SMILES string of the molecule is CC(C)N(C)C(=O)c1ccc(CNC(=O)Cc2csc(Cc3ccccc3)n2)cc1. The molecule has 0 bridgehead atoms. The van der Waals surface area contributed by atoms with E-state index in [0.717, 1.165) is 22.7 Å². The molecule has 156 valence electrons. The predicted octanol–water partition coefficient (Wildman–Crippen LogP) is 4.07. The molecule has 0 atom stereocenters. The van der Waals surface area contributed by atoms with Crippen LogP contribution in [0.25, 0.3) is 0 Å². The molecule has 0 aliphatic heterocycles. The van der Waals surface area contributed by atoms with Gasteiger partial charge < -0.3 is 10.2 Å². The fourth-order valence-electron chi connectivity index (χ4n) is 2.91. The maximum absolute atomic E-state index is 12.3. The molecule has 1 heterocycles. The van der Waals surface area contributed by atoms with E-state index in [4.69, 9.17) is 0 Å². The quantitative estimate of drug-likeness (QED) is 0.596. The predicted molar refractivity (Wildman–Crippen MR) is 121 cm³/mol. The van der Waals surface area contributed by atoms with E-state index in [2.05, 4.69) is 22.4 Å². The summed E-state index contributed by atoms with van der Waals surface area (Å²) in [4.78, 5) is 30.9. The van der Waals surface area contributed by atoms with Crippen molar-refractivity contribution in [2.24, 2.45) is 0 Å². The molecule has 0 aliphatic carbocycles. The van der Waals surface area contributed by atoms with Crippen LogP contribution in [0.15, 0.2) is 60.0 Å². The van der Waals surface area contributed by atoms with E-state index < -0.39 is 0 Å². The van der Waals surface area contributed by atoms with Gasteiger partial charge in [0, 0.05) is 37.0 Å². The minimum atomic E-state index is -0.0637. The third-order valence-electron chi connectivity index (χ3n) is 4.92. The van der Waals surface area contributed by atoms with Crippen LogP contribution in [0.2, 0.25) is 0 Å². The number of carbonyl (C=O) groups excluding carboxylic acids is 2. The van der Waals surface area contributed by atoms with Crippen LogP contribution in [0.1, 0.15) is 46.0 Å². The van der Waals surface area contributed by atoms with E-state index in [1.165, 1.54) is 5.56 Å². The Labute approximate surface area is 181 Å². The van der Waals surface area contributed by atoms with Gasteiger partial charge in [0.1, 0.15) is 0 Å². The molecule has 3 rings (SSSR count). The van der Waals surface area contributed by atoms with Crippen molar-refractivity contribution in [1.29, 1.82) is 0 Å². The maximum Gasteiger partial charge on any atom is 0.253 e. The van der Waals surface area contributed by atoms with Crippen LogP contribution in [0, 0.1) is 0 Å². The molecule has 1 aromatic heterocycles. The van der Waals surface area contributed by atoms with Crippen molar-refractivity contribution in [3.05, 3.63) is 87.4 Å². The summed E-state index contributed by atoms with van der Waals surface area (Å²) in [6, 6.07) is 17.7. The fourth-order valence-corrected chi connectivity index (χ4v) is 3.74. The highest BCUT2D eigenvalue weighted by atomic mass is 32.1. The number of rotatable bonds is 8. The van der Waals surface area contributed by atoms with E-state index in [0.29, 0.717) is 12.1 Å². The monoisotopic (exact) mass is 421 g/mol. The summed E-state index contributed by atoms with van der Waals surface area (Å²) in [5.41, 5.74) is 3.61. The number of benzene rings is 2. The summed E-state index contributed by atoms with van der Waals surface area (Å²) in [7, 11) is 1.80. The summed E-state index contributed by atoms with van der Waals surface area (Å²) in [6.45, 7) is 4.39. The van der Waals surface area contributed by atoms with Crippen LogP contribution < -0.4 is 5.32 Å². The van der Waals surface area contributed by atoms with Crippen LogP contribution >= 0.6 is 11.3 Å². The van der Waals surface area contributed by atoms with E-state index in [9.17, 15) is 9.59 Å². The number of nitrogens with one attached hydrogen (secondary N) is 1. The molecule has 30 heavy (non-hydrogen) atoms. The Morgan fingerprint density at radius 2 is 1.73 bits per heavy atom. The molecule has 0 aliphatic rings. The van der Waals surface area contributed by atoms with Crippen molar-refractivity contribution in [2.45, 2.75) is 39.3 Å². The van der Waals surface area contributed by atoms with Crippen molar-refractivity contribution < 1.29 is 9.59 Å². The standard InChI is InChI=1S/C24H27N3O2S/c1-17(2)27(3)24(29)20-11-9-19(10-12-20)15-25-22(28)14-21-16-30-23(26-21)13-18-7-5-4-6-8-18/h4-12,16-17H,13-15H2,1-3H3,(H,25,28). The van der Waals surface area contributed by atoms with Gasteiger partial charge in [-0.15, -0.1) is 11.3 Å². The van der Waals surface area contributed by atoms with E-state index >= 15 is 0 Å². The molecular formula is C24H27N3O2S. The zero-order chi connectivity index (χ0) is 21.5. The van der Waals surface area contributed by atoms with E-state index in [1.807, 2.05) is 49.6 Å².